The van der Waals surface area contributed by atoms with E-state index in [-0.39, 0.29) is 0 Å². The standard InChI is InChI=1S/C12H9BrN4/c1-8-2-3-9(5-14)4-11(8)17-12-15-6-10(13)7-16-12/h2-4,6-7H,1H3,(H,15,16,17). The van der Waals surface area contributed by atoms with Gasteiger partial charge in [-0.05, 0) is 40.5 Å². The minimum absolute atomic E-state index is 0.506. The second-order valence-corrected chi connectivity index (χ2v) is 4.41. The summed E-state index contributed by atoms with van der Waals surface area (Å²) in [6.45, 7) is 1.96. The highest BCUT2D eigenvalue weighted by atomic mass is 79.9. The van der Waals surface area contributed by atoms with Crippen LogP contribution < -0.4 is 5.32 Å². The molecule has 1 aromatic heterocycles. The number of nitriles is 1. The van der Waals surface area contributed by atoms with Crippen molar-refractivity contribution in [2.24, 2.45) is 0 Å². The van der Waals surface area contributed by atoms with Crippen molar-refractivity contribution in [3.05, 3.63) is 46.2 Å². The summed E-state index contributed by atoms with van der Waals surface area (Å²) in [5.74, 6) is 0.506. The molecule has 5 heteroatoms. The molecule has 0 radical (unpaired) electrons. The van der Waals surface area contributed by atoms with Gasteiger partial charge in [-0.3, -0.25) is 0 Å². The van der Waals surface area contributed by atoms with Crippen LogP contribution in [0.25, 0.3) is 0 Å². The summed E-state index contributed by atoms with van der Waals surface area (Å²) in [5.41, 5.74) is 2.48. The van der Waals surface area contributed by atoms with Gasteiger partial charge < -0.3 is 5.32 Å². The number of nitrogens with zero attached hydrogens (tertiary/aromatic N) is 3. The lowest BCUT2D eigenvalue weighted by atomic mass is 10.1. The first kappa shape index (κ1) is 11.6. The molecule has 1 heterocycles. The molecule has 0 saturated carbocycles. The Morgan fingerprint density at radius 1 is 1.29 bits per heavy atom. The first-order chi connectivity index (χ1) is 8.19. The molecular formula is C12H9BrN4. The van der Waals surface area contributed by atoms with Gasteiger partial charge in [0.05, 0.1) is 16.1 Å². The predicted octanol–water partition coefficient (Wildman–Crippen LogP) is 3.16. The Labute approximate surface area is 107 Å². The zero-order valence-electron chi connectivity index (χ0n) is 9.11. The monoisotopic (exact) mass is 288 g/mol. The largest absolute Gasteiger partial charge is 0.324 e. The van der Waals surface area contributed by atoms with E-state index in [1.54, 1.807) is 24.5 Å². The SMILES string of the molecule is Cc1ccc(C#N)cc1Nc1ncc(Br)cn1. The van der Waals surface area contributed by atoms with Gasteiger partial charge in [0.25, 0.3) is 0 Å². The Morgan fingerprint density at radius 3 is 2.65 bits per heavy atom. The molecule has 0 bridgehead atoms. The average Bonchev–Trinajstić information content (AvgIpc) is 2.35. The van der Waals surface area contributed by atoms with Gasteiger partial charge >= 0.3 is 0 Å². The molecule has 0 spiro atoms. The Hall–Kier alpha value is -1.93. The molecule has 84 valence electrons. The Kier molecular flexibility index (Phi) is 3.35. The van der Waals surface area contributed by atoms with Gasteiger partial charge in [0.2, 0.25) is 5.95 Å². The van der Waals surface area contributed by atoms with E-state index in [1.807, 2.05) is 13.0 Å². The second kappa shape index (κ2) is 4.93. The van der Waals surface area contributed by atoms with E-state index < -0.39 is 0 Å². The fourth-order valence-electron chi connectivity index (χ4n) is 1.32. The summed E-state index contributed by atoms with van der Waals surface area (Å²) in [6, 6.07) is 7.55. The van der Waals surface area contributed by atoms with Crippen molar-refractivity contribution < 1.29 is 0 Å². The summed E-state index contributed by atoms with van der Waals surface area (Å²) >= 11 is 3.27. The van der Waals surface area contributed by atoms with E-state index in [1.165, 1.54) is 0 Å². The molecule has 2 aromatic rings. The van der Waals surface area contributed by atoms with Crippen LogP contribution in [0.2, 0.25) is 0 Å². The zero-order valence-corrected chi connectivity index (χ0v) is 10.7. The highest BCUT2D eigenvalue weighted by Crippen LogP contribution is 2.19. The van der Waals surface area contributed by atoms with Crippen LogP contribution in [0, 0.1) is 18.3 Å². The first-order valence-corrected chi connectivity index (χ1v) is 5.73. The van der Waals surface area contributed by atoms with Gasteiger partial charge in [0.15, 0.2) is 0 Å². The van der Waals surface area contributed by atoms with Crippen LogP contribution in [0.15, 0.2) is 35.1 Å². The number of aryl methyl sites for hydroxylation is 1. The molecule has 0 aliphatic rings. The maximum atomic E-state index is 8.84. The molecule has 1 aromatic carbocycles. The van der Waals surface area contributed by atoms with Gasteiger partial charge in [0.1, 0.15) is 0 Å². The van der Waals surface area contributed by atoms with Crippen molar-refractivity contribution in [3.63, 3.8) is 0 Å². The van der Waals surface area contributed by atoms with Crippen molar-refractivity contribution in [2.45, 2.75) is 6.92 Å². The summed E-state index contributed by atoms with van der Waals surface area (Å²) in [6.07, 6.45) is 3.33. The second-order valence-electron chi connectivity index (χ2n) is 3.49. The van der Waals surface area contributed by atoms with Crippen molar-refractivity contribution >= 4 is 27.6 Å². The number of hydrogen-bond donors (Lipinski definition) is 1. The summed E-state index contributed by atoms with van der Waals surface area (Å²) in [7, 11) is 0. The van der Waals surface area contributed by atoms with Crippen LogP contribution >= 0.6 is 15.9 Å². The average molecular weight is 289 g/mol. The summed E-state index contributed by atoms with van der Waals surface area (Å²) < 4.78 is 0.825. The maximum Gasteiger partial charge on any atom is 0.227 e. The Bertz CT molecular complexity index is 572. The number of halogens is 1. The quantitative estimate of drug-likeness (QED) is 0.922. The molecule has 0 aliphatic carbocycles. The van der Waals surface area contributed by atoms with Crippen LogP contribution in [0.4, 0.5) is 11.6 Å². The molecular weight excluding hydrogens is 280 g/mol. The predicted molar refractivity (Wildman–Crippen MR) is 68.9 cm³/mol. The number of rotatable bonds is 2. The lowest BCUT2D eigenvalue weighted by Gasteiger charge is -2.07. The van der Waals surface area contributed by atoms with Gasteiger partial charge in [-0.2, -0.15) is 5.26 Å². The van der Waals surface area contributed by atoms with Crippen molar-refractivity contribution in [1.29, 1.82) is 5.26 Å². The van der Waals surface area contributed by atoms with Crippen molar-refractivity contribution in [1.82, 2.24) is 9.97 Å². The maximum absolute atomic E-state index is 8.84. The topological polar surface area (TPSA) is 61.6 Å². The van der Waals surface area contributed by atoms with Gasteiger partial charge in [-0.1, -0.05) is 6.07 Å². The number of aromatic nitrogens is 2. The highest BCUT2D eigenvalue weighted by Gasteiger charge is 2.02. The number of nitrogens with one attached hydrogen (secondary N) is 1. The summed E-state index contributed by atoms with van der Waals surface area (Å²) in [4.78, 5) is 8.24. The third-order valence-corrected chi connectivity index (χ3v) is 2.64. The Balaban J connectivity index is 2.29. The van der Waals surface area contributed by atoms with Crippen LogP contribution in [-0.2, 0) is 0 Å². The van der Waals surface area contributed by atoms with E-state index in [0.717, 1.165) is 15.7 Å². The van der Waals surface area contributed by atoms with Crippen LogP contribution in [0.3, 0.4) is 0 Å². The molecule has 17 heavy (non-hydrogen) atoms. The van der Waals surface area contributed by atoms with E-state index in [0.29, 0.717) is 11.5 Å². The molecule has 0 fully saturated rings. The molecule has 0 amide bonds. The lowest BCUT2D eigenvalue weighted by molar-refractivity contribution is 1.15. The van der Waals surface area contributed by atoms with Gasteiger partial charge in [-0.15, -0.1) is 0 Å². The van der Waals surface area contributed by atoms with Gasteiger partial charge in [-0.25, -0.2) is 9.97 Å². The molecule has 4 nitrogen and oxygen atoms in total. The third kappa shape index (κ3) is 2.80. The van der Waals surface area contributed by atoms with Crippen LogP contribution in [0.5, 0.6) is 0 Å². The Morgan fingerprint density at radius 2 is 2.00 bits per heavy atom. The number of anilines is 2. The van der Waals surface area contributed by atoms with Crippen molar-refractivity contribution in [3.8, 4) is 6.07 Å². The van der Waals surface area contributed by atoms with Crippen molar-refractivity contribution in [2.75, 3.05) is 5.32 Å². The molecule has 1 N–H and O–H groups in total. The minimum atomic E-state index is 0.506. The molecule has 0 aliphatic heterocycles. The van der Waals surface area contributed by atoms with Crippen LogP contribution in [0.1, 0.15) is 11.1 Å². The number of hydrogen-bond acceptors (Lipinski definition) is 4. The van der Waals surface area contributed by atoms with E-state index in [4.69, 9.17) is 5.26 Å². The lowest BCUT2D eigenvalue weighted by Crippen LogP contribution is -1.98. The van der Waals surface area contributed by atoms with E-state index in [9.17, 15) is 0 Å². The molecule has 0 saturated heterocycles. The number of benzene rings is 1. The normalized spacial score (nSPS) is 9.71. The van der Waals surface area contributed by atoms with Crippen LogP contribution in [-0.4, -0.2) is 9.97 Å². The smallest absolute Gasteiger partial charge is 0.227 e. The van der Waals surface area contributed by atoms with Gasteiger partial charge in [0, 0.05) is 18.1 Å². The highest BCUT2D eigenvalue weighted by molar-refractivity contribution is 9.10. The third-order valence-electron chi connectivity index (χ3n) is 2.23. The molecule has 0 unspecified atom stereocenters. The molecule has 0 atom stereocenters. The minimum Gasteiger partial charge on any atom is -0.324 e. The van der Waals surface area contributed by atoms with E-state index in [2.05, 4.69) is 37.3 Å². The zero-order chi connectivity index (χ0) is 12.3. The fourth-order valence-corrected chi connectivity index (χ4v) is 1.53. The first-order valence-electron chi connectivity index (χ1n) is 4.94. The molecule has 2 rings (SSSR count). The van der Waals surface area contributed by atoms with E-state index >= 15 is 0 Å². The summed E-state index contributed by atoms with van der Waals surface area (Å²) in [5, 5.41) is 11.9. The fraction of sp³-hybridized carbons (Fsp3) is 0.0833.